The van der Waals surface area contributed by atoms with E-state index in [1.54, 1.807) is 13.8 Å². The molecule has 0 radical (unpaired) electrons. The molecule has 1 amide bonds. The Morgan fingerprint density at radius 3 is 2.74 bits per heavy atom. The normalized spacial score (nSPS) is 28.4. The lowest BCUT2D eigenvalue weighted by molar-refractivity contribution is 0.102. The molecule has 184 valence electrons. The summed E-state index contributed by atoms with van der Waals surface area (Å²) in [5, 5.41) is 2.17. The summed E-state index contributed by atoms with van der Waals surface area (Å²) in [5.74, 6) is -1.45. The Bertz CT molecular complexity index is 1180. The van der Waals surface area contributed by atoms with E-state index in [0.29, 0.717) is 18.5 Å². The summed E-state index contributed by atoms with van der Waals surface area (Å²) in [6.45, 7) is 7.63. The van der Waals surface area contributed by atoms with Gasteiger partial charge in [0.05, 0.1) is 16.2 Å². The smallest absolute Gasteiger partial charge is 0.275 e. The molecule has 0 saturated carbocycles. The molecule has 0 unspecified atom stereocenters. The van der Waals surface area contributed by atoms with E-state index in [1.165, 1.54) is 18.2 Å². The molecule has 0 aliphatic carbocycles. The maximum Gasteiger partial charge on any atom is 0.275 e. The van der Waals surface area contributed by atoms with Crippen molar-refractivity contribution in [3.8, 4) is 0 Å². The molecule has 0 spiro atoms. The molecule has 4 rings (SSSR count). The number of aryl methyl sites for hydroxylation is 1. The average molecular weight is 493 g/mol. The number of fused-ring (bicyclic) bond motifs is 1. The Hall–Kier alpha value is -2.63. The standard InChI is InChI=1S/C23H30F2N6O2S/c1-13-11-14(24)12-27-18(13)20(32)30-17-9-8-15(25)19(29-17)23(4)16-7-5-6-10-28-34(16,33)22(2,3)21(26)31-23/h8-9,11-12,16,28,33H,5-7,10H2,1-4H3,(H2,26,31)(H,29,30,32)/t16-,23+/m1/s1. The van der Waals surface area contributed by atoms with Crippen LogP contribution in [0.5, 0.6) is 0 Å². The number of nitrogens with one attached hydrogen (secondary N) is 2. The molecule has 1 fully saturated rings. The molecular formula is C23H30F2N6O2S. The van der Waals surface area contributed by atoms with Gasteiger partial charge in [-0.15, -0.1) is 0 Å². The Kier molecular flexibility index (Phi) is 6.16. The third-order valence-electron chi connectivity index (χ3n) is 6.83. The van der Waals surface area contributed by atoms with Gasteiger partial charge in [0.25, 0.3) is 5.91 Å². The first-order chi connectivity index (χ1) is 15.9. The lowest BCUT2D eigenvalue weighted by atomic mass is 9.88. The second kappa shape index (κ2) is 8.54. The largest absolute Gasteiger partial charge is 0.386 e. The number of carbonyl (C=O) groups is 1. The van der Waals surface area contributed by atoms with Crippen molar-refractivity contribution in [2.75, 3.05) is 11.9 Å². The maximum absolute atomic E-state index is 15.2. The first-order valence-corrected chi connectivity index (χ1v) is 12.8. The summed E-state index contributed by atoms with van der Waals surface area (Å²) in [6.07, 6.45) is 3.28. The van der Waals surface area contributed by atoms with Crippen LogP contribution in [0.1, 0.15) is 61.8 Å². The monoisotopic (exact) mass is 492 g/mol. The van der Waals surface area contributed by atoms with E-state index in [-0.39, 0.29) is 23.0 Å². The van der Waals surface area contributed by atoms with Crippen molar-refractivity contribution in [1.29, 1.82) is 0 Å². The highest BCUT2D eigenvalue weighted by atomic mass is 32.3. The maximum atomic E-state index is 15.2. The number of hydrogen-bond acceptors (Lipinski definition) is 7. The topological polar surface area (TPSA) is 126 Å². The van der Waals surface area contributed by atoms with Gasteiger partial charge in [0.2, 0.25) is 0 Å². The lowest BCUT2D eigenvalue weighted by Gasteiger charge is -2.58. The number of halogens is 2. The van der Waals surface area contributed by atoms with Crippen LogP contribution in [0.15, 0.2) is 29.4 Å². The summed E-state index contributed by atoms with van der Waals surface area (Å²) in [4.78, 5) is 25.7. The molecule has 5 N–H and O–H groups in total. The van der Waals surface area contributed by atoms with Gasteiger partial charge in [-0.2, -0.15) is 0 Å². The Morgan fingerprint density at radius 1 is 1.29 bits per heavy atom. The summed E-state index contributed by atoms with van der Waals surface area (Å²) in [6, 6.07) is 3.75. The van der Waals surface area contributed by atoms with E-state index in [0.717, 1.165) is 19.0 Å². The third-order valence-corrected chi connectivity index (χ3v) is 10.8. The molecule has 0 aromatic carbocycles. The molecule has 2 aromatic heterocycles. The van der Waals surface area contributed by atoms with Crippen LogP contribution >= 0.6 is 10.5 Å². The SMILES string of the molecule is Cc1cc(F)cnc1C(=O)Nc1ccc(F)c([C@@]2(C)N=C(N)C(C)(C)[S@@]3(O)NCCCC[C@H]23)n1. The second-order valence-electron chi connectivity index (χ2n) is 9.46. The third kappa shape index (κ3) is 3.85. The summed E-state index contributed by atoms with van der Waals surface area (Å²) in [5.41, 5.74) is 5.49. The van der Waals surface area contributed by atoms with Crippen LogP contribution in [0.4, 0.5) is 14.6 Å². The number of aliphatic imine (C=N–C) groups is 1. The fourth-order valence-electron chi connectivity index (χ4n) is 4.75. The van der Waals surface area contributed by atoms with Gasteiger partial charge in [-0.1, -0.05) is 16.9 Å². The zero-order valence-corrected chi connectivity index (χ0v) is 20.5. The summed E-state index contributed by atoms with van der Waals surface area (Å²) in [7, 11) is -2.55. The number of hydrogen-bond donors (Lipinski definition) is 4. The number of rotatable bonds is 3. The highest BCUT2D eigenvalue weighted by molar-refractivity contribution is 8.29. The second-order valence-corrected chi connectivity index (χ2v) is 12.6. The van der Waals surface area contributed by atoms with Gasteiger partial charge < -0.3 is 15.6 Å². The number of anilines is 1. The van der Waals surface area contributed by atoms with Gasteiger partial charge in [-0.3, -0.25) is 14.5 Å². The molecule has 1 saturated heterocycles. The minimum atomic E-state index is -2.55. The van der Waals surface area contributed by atoms with Gasteiger partial charge >= 0.3 is 0 Å². The van der Waals surface area contributed by atoms with E-state index in [1.807, 2.05) is 13.8 Å². The zero-order valence-electron chi connectivity index (χ0n) is 19.7. The quantitative estimate of drug-likeness (QED) is 0.513. The van der Waals surface area contributed by atoms with Crippen molar-refractivity contribution in [1.82, 2.24) is 14.7 Å². The minimum absolute atomic E-state index is 0.00726. The molecule has 2 aromatic rings. The highest BCUT2D eigenvalue weighted by Gasteiger charge is 2.59. The molecule has 3 atom stereocenters. The van der Waals surface area contributed by atoms with Crippen molar-refractivity contribution in [3.63, 3.8) is 0 Å². The number of amides is 1. The first kappa shape index (κ1) is 24.5. The van der Waals surface area contributed by atoms with Gasteiger partial charge in [0, 0.05) is 6.54 Å². The lowest BCUT2D eigenvalue weighted by Crippen LogP contribution is -2.60. The van der Waals surface area contributed by atoms with Crippen LogP contribution < -0.4 is 15.8 Å². The van der Waals surface area contributed by atoms with Crippen LogP contribution in [0.2, 0.25) is 0 Å². The minimum Gasteiger partial charge on any atom is -0.386 e. The Balaban J connectivity index is 1.77. The van der Waals surface area contributed by atoms with E-state index in [4.69, 9.17) is 10.7 Å². The molecule has 2 aliphatic rings. The number of amidine groups is 1. The van der Waals surface area contributed by atoms with Gasteiger partial charge in [-0.25, -0.2) is 18.7 Å². The molecule has 0 bridgehead atoms. The van der Waals surface area contributed by atoms with Crippen LogP contribution in [-0.4, -0.2) is 42.8 Å². The first-order valence-electron chi connectivity index (χ1n) is 11.2. The molecule has 11 heteroatoms. The average Bonchev–Trinajstić information content (AvgIpc) is 2.97. The molecule has 8 nitrogen and oxygen atoms in total. The van der Waals surface area contributed by atoms with E-state index in [2.05, 4.69) is 20.0 Å². The number of nitrogens with zero attached hydrogens (tertiary/aromatic N) is 3. The summed E-state index contributed by atoms with van der Waals surface area (Å²) >= 11 is 0. The molecule has 34 heavy (non-hydrogen) atoms. The van der Waals surface area contributed by atoms with Crippen molar-refractivity contribution in [2.45, 2.75) is 62.5 Å². The molecular weight excluding hydrogens is 462 g/mol. The van der Waals surface area contributed by atoms with E-state index >= 15 is 4.39 Å². The van der Waals surface area contributed by atoms with Crippen LogP contribution in [-0.2, 0) is 5.54 Å². The van der Waals surface area contributed by atoms with Crippen LogP contribution in [0, 0.1) is 18.6 Å². The van der Waals surface area contributed by atoms with Crippen molar-refractivity contribution in [2.24, 2.45) is 10.7 Å². The number of aromatic nitrogens is 2. The van der Waals surface area contributed by atoms with Gasteiger partial charge in [0.15, 0.2) is 0 Å². The van der Waals surface area contributed by atoms with Crippen molar-refractivity contribution in [3.05, 3.63) is 53.0 Å². The number of pyridine rings is 2. The Labute approximate surface area is 199 Å². The van der Waals surface area contributed by atoms with Gasteiger partial charge in [0.1, 0.15) is 40.2 Å². The predicted molar refractivity (Wildman–Crippen MR) is 130 cm³/mol. The Morgan fingerprint density at radius 2 is 2.03 bits per heavy atom. The fraction of sp³-hybridized carbons (Fsp3) is 0.478. The number of carbonyl (C=O) groups excluding carboxylic acids is 1. The molecule has 4 heterocycles. The van der Waals surface area contributed by atoms with E-state index in [9.17, 15) is 13.7 Å². The van der Waals surface area contributed by atoms with Crippen molar-refractivity contribution >= 4 is 28.1 Å². The molecule has 2 aliphatic heterocycles. The van der Waals surface area contributed by atoms with E-state index < -0.39 is 43.6 Å². The van der Waals surface area contributed by atoms with Gasteiger partial charge in [-0.05, 0) is 64.3 Å². The van der Waals surface area contributed by atoms with Crippen molar-refractivity contribution < 1.29 is 18.1 Å². The summed E-state index contributed by atoms with van der Waals surface area (Å²) < 4.78 is 43.1. The zero-order chi connectivity index (χ0) is 24.9. The van der Waals surface area contributed by atoms with Crippen LogP contribution in [0.25, 0.3) is 0 Å². The predicted octanol–water partition coefficient (Wildman–Crippen LogP) is 4.01. The number of nitrogens with two attached hydrogens (primary N) is 1. The van der Waals surface area contributed by atoms with Crippen LogP contribution in [0.3, 0.4) is 0 Å². The highest BCUT2D eigenvalue weighted by Crippen LogP contribution is 2.66. The fourth-order valence-corrected chi connectivity index (χ4v) is 8.17.